The van der Waals surface area contributed by atoms with Crippen LogP contribution in [-0.2, 0) is 4.74 Å². The summed E-state index contributed by atoms with van der Waals surface area (Å²) in [6, 6.07) is 9.52. The van der Waals surface area contributed by atoms with Crippen molar-refractivity contribution >= 4 is 6.29 Å². The first-order valence-corrected chi connectivity index (χ1v) is 4.38. The molecule has 1 N–H and O–H groups in total. The van der Waals surface area contributed by atoms with Crippen LogP contribution in [0, 0.1) is 0 Å². The molecule has 0 spiro atoms. The lowest BCUT2D eigenvalue weighted by Gasteiger charge is -1.92. The number of carbonyl (C=O) groups excluding carboxylic acids is 1. The standard InChI is InChI=1S/C11H12O3/c1-2-14-11(12)9-13-8-10-6-4-3-5-7-10/h3-9H,2H2,1H3/p+1/b11-9+. The van der Waals surface area contributed by atoms with Crippen LogP contribution in [0.3, 0.4) is 0 Å². The molecule has 0 aromatic heterocycles. The molecule has 0 aliphatic heterocycles. The molecule has 3 heteroatoms. The Kier molecular flexibility index (Phi) is 4.27. The molecule has 0 amide bonds. The van der Waals surface area contributed by atoms with Gasteiger partial charge in [0.15, 0.2) is 0 Å². The Hall–Kier alpha value is -1.77. The van der Waals surface area contributed by atoms with Crippen LogP contribution in [0.5, 0.6) is 0 Å². The summed E-state index contributed by atoms with van der Waals surface area (Å²) in [6.45, 7) is 2.20. The zero-order chi connectivity index (χ0) is 10.2. The van der Waals surface area contributed by atoms with Crippen molar-refractivity contribution in [3.05, 3.63) is 48.1 Å². The van der Waals surface area contributed by atoms with Gasteiger partial charge < -0.3 is 9.84 Å². The van der Waals surface area contributed by atoms with Crippen molar-refractivity contribution in [2.24, 2.45) is 0 Å². The summed E-state index contributed by atoms with van der Waals surface area (Å²) >= 11 is 0. The summed E-state index contributed by atoms with van der Waals surface area (Å²) in [5.74, 6) is -0.223. The van der Waals surface area contributed by atoms with Crippen LogP contribution in [0.15, 0.2) is 42.5 Å². The molecule has 0 bridgehead atoms. The monoisotopic (exact) mass is 193 g/mol. The number of rotatable bonds is 4. The Labute approximate surface area is 83.0 Å². The van der Waals surface area contributed by atoms with Crippen molar-refractivity contribution in [1.82, 2.24) is 0 Å². The van der Waals surface area contributed by atoms with Gasteiger partial charge in [-0.25, -0.2) is 4.42 Å². The lowest BCUT2D eigenvalue weighted by Crippen LogP contribution is -1.88. The topological polar surface area (TPSA) is 40.8 Å². The van der Waals surface area contributed by atoms with Crippen LogP contribution in [-0.4, -0.2) is 18.0 Å². The first-order valence-electron chi connectivity index (χ1n) is 4.38. The molecule has 0 aliphatic rings. The van der Waals surface area contributed by atoms with Gasteiger partial charge >= 0.3 is 18.5 Å². The predicted molar refractivity (Wildman–Crippen MR) is 54.2 cm³/mol. The van der Waals surface area contributed by atoms with Crippen molar-refractivity contribution in [3.8, 4) is 0 Å². The molecule has 1 rings (SSSR count). The molecular formula is C11H13O3+. The van der Waals surface area contributed by atoms with E-state index < -0.39 is 0 Å². The number of aldehydes is 1. The molecule has 0 fully saturated rings. The maximum Gasteiger partial charge on any atom is 0.397 e. The van der Waals surface area contributed by atoms with E-state index in [1.165, 1.54) is 6.29 Å². The van der Waals surface area contributed by atoms with Gasteiger partial charge in [0, 0.05) is 0 Å². The second-order valence-corrected chi connectivity index (χ2v) is 2.55. The van der Waals surface area contributed by atoms with E-state index in [9.17, 15) is 0 Å². The van der Waals surface area contributed by atoms with E-state index in [2.05, 4.69) is 0 Å². The highest BCUT2D eigenvalue weighted by atomic mass is 16.6. The molecule has 0 atom stereocenters. The Morgan fingerprint density at radius 2 is 2.14 bits per heavy atom. The third-order valence-corrected chi connectivity index (χ3v) is 1.46. The lowest BCUT2D eigenvalue weighted by molar-refractivity contribution is -0.178. The highest BCUT2D eigenvalue weighted by Gasteiger charge is 1.97. The fourth-order valence-corrected chi connectivity index (χ4v) is 0.884. The second-order valence-electron chi connectivity index (χ2n) is 2.55. The van der Waals surface area contributed by atoms with E-state index in [-0.39, 0.29) is 5.95 Å². The number of ether oxygens (including phenoxy) is 1. The van der Waals surface area contributed by atoms with Crippen molar-refractivity contribution in [3.63, 3.8) is 0 Å². The van der Waals surface area contributed by atoms with Crippen LogP contribution < -0.4 is 0 Å². The summed E-state index contributed by atoms with van der Waals surface area (Å²) < 4.78 is 9.72. The maximum absolute atomic E-state index is 9.02. The molecule has 0 saturated carbocycles. The number of aliphatic hydroxyl groups is 1. The minimum Gasteiger partial charge on any atom is -0.475 e. The first kappa shape index (κ1) is 10.3. The van der Waals surface area contributed by atoms with E-state index in [4.69, 9.17) is 14.3 Å². The van der Waals surface area contributed by atoms with Crippen LogP contribution in [0.2, 0.25) is 0 Å². The maximum atomic E-state index is 9.02. The highest BCUT2D eigenvalue weighted by Crippen LogP contribution is 1.95. The molecule has 0 radical (unpaired) electrons. The van der Waals surface area contributed by atoms with Gasteiger partial charge in [-0.05, 0) is 19.1 Å². The van der Waals surface area contributed by atoms with Gasteiger partial charge in [0.2, 0.25) is 0 Å². The average Bonchev–Trinajstić information content (AvgIpc) is 2.20. The fourth-order valence-electron chi connectivity index (χ4n) is 0.884. The normalized spacial score (nSPS) is 11.9. The van der Waals surface area contributed by atoms with Gasteiger partial charge in [-0.2, -0.15) is 0 Å². The number of hydrogen-bond donors (Lipinski definition) is 1. The summed E-state index contributed by atoms with van der Waals surface area (Å²) in [5.41, 5.74) is 0.924. The molecule has 0 heterocycles. The smallest absolute Gasteiger partial charge is 0.397 e. The SMILES string of the molecule is CCO/C(O)=C/[O+]=Cc1ccccc1. The summed E-state index contributed by atoms with van der Waals surface area (Å²) in [6.07, 6.45) is 2.67. The van der Waals surface area contributed by atoms with Gasteiger partial charge in [0.1, 0.15) is 0 Å². The quantitative estimate of drug-likeness (QED) is 0.453. The van der Waals surface area contributed by atoms with Crippen molar-refractivity contribution in [2.45, 2.75) is 6.92 Å². The summed E-state index contributed by atoms with van der Waals surface area (Å²) in [4.78, 5) is 0. The first-order chi connectivity index (χ1) is 6.83. The molecular weight excluding hydrogens is 180 g/mol. The molecule has 0 unspecified atom stereocenters. The molecule has 0 aliphatic carbocycles. The van der Waals surface area contributed by atoms with Crippen molar-refractivity contribution in [2.75, 3.05) is 6.61 Å². The highest BCUT2D eigenvalue weighted by molar-refractivity contribution is 5.74. The van der Waals surface area contributed by atoms with Crippen molar-refractivity contribution in [1.29, 1.82) is 0 Å². The van der Waals surface area contributed by atoms with Crippen LogP contribution in [0.25, 0.3) is 0 Å². The number of hydrogen-bond acceptors (Lipinski definition) is 2. The summed E-state index contributed by atoms with van der Waals surface area (Å²) in [7, 11) is 0. The third-order valence-electron chi connectivity index (χ3n) is 1.46. The predicted octanol–water partition coefficient (Wildman–Crippen LogP) is 2.43. The Morgan fingerprint density at radius 1 is 1.43 bits per heavy atom. The van der Waals surface area contributed by atoms with Crippen molar-refractivity contribution < 1.29 is 14.3 Å². The minimum absolute atomic E-state index is 0.223. The number of benzene rings is 1. The molecule has 3 nitrogen and oxygen atoms in total. The average molecular weight is 193 g/mol. The van der Waals surface area contributed by atoms with E-state index >= 15 is 0 Å². The van der Waals surface area contributed by atoms with Crippen LogP contribution in [0.4, 0.5) is 0 Å². The Morgan fingerprint density at radius 3 is 2.79 bits per heavy atom. The van der Waals surface area contributed by atoms with E-state index in [1.54, 1.807) is 6.92 Å². The van der Waals surface area contributed by atoms with Gasteiger partial charge in [-0.15, -0.1) is 0 Å². The van der Waals surface area contributed by atoms with E-state index in [0.717, 1.165) is 11.8 Å². The van der Waals surface area contributed by atoms with E-state index in [0.29, 0.717) is 6.61 Å². The fraction of sp³-hybridized carbons (Fsp3) is 0.182. The number of aliphatic hydroxyl groups excluding tert-OH is 1. The Bertz CT molecular complexity index is 315. The lowest BCUT2D eigenvalue weighted by atomic mass is 10.2. The Balaban J connectivity index is 2.53. The molecule has 1 aromatic carbocycles. The van der Waals surface area contributed by atoms with Crippen LogP contribution in [0.1, 0.15) is 16.9 Å². The largest absolute Gasteiger partial charge is 0.475 e. The molecule has 14 heavy (non-hydrogen) atoms. The molecule has 0 saturated heterocycles. The van der Waals surface area contributed by atoms with Crippen LogP contribution >= 0.6 is 0 Å². The second kappa shape index (κ2) is 5.80. The summed E-state index contributed by atoms with van der Waals surface area (Å²) in [5, 5.41) is 9.02. The minimum atomic E-state index is -0.223. The van der Waals surface area contributed by atoms with Gasteiger partial charge in [-0.1, -0.05) is 18.2 Å². The van der Waals surface area contributed by atoms with E-state index in [1.807, 2.05) is 30.3 Å². The molecule has 74 valence electrons. The van der Waals surface area contributed by atoms with Gasteiger partial charge in [-0.3, -0.25) is 0 Å². The zero-order valence-electron chi connectivity index (χ0n) is 8.01. The molecule has 1 aromatic rings. The zero-order valence-corrected chi connectivity index (χ0v) is 8.01. The van der Waals surface area contributed by atoms with Gasteiger partial charge in [0.25, 0.3) is 0 Å². The third kappa shape index (κ3) is 3.76. The van der Waals surface area contributed by atoms with Gasteiger partial charge in [0.05, 0.1) is 12.2 Å².